The first-order valence-electron chi connectivity index (χ1n) is 7.48. The number of carbonyl (C=O) groups excluding carboxylic acids is 2. The molecule has 1 rings (SSSR count). The van der Waals surface area contributed by atoms with Crippen molar-refractivity contribution < 1.29 is 24.6 Å². The number of nitrogens with one attached hydrogen (secondary N) is 1. The highest BCUT2D eigenvalue weighted by molar-refractivity contribution is 5.84. The summed E-state index contributed by atoms with van der Waals surface area (Å²) in [4.78, 5) is 36.9. The summed E-state index contributed by atoms with van der Waals surface area (Å²) in [6.45, 7) is 7.25. The van der Waals surface area contributed by atoms with Gasteiger partial charge in [-0.1, -0.05) is 20.8 Å². The first-order chi connectivity index (χ1) is 9.95. The molecule has 126 valence electrons. The number of hydrogen-bond donors (Lipinski definition) is 3. The third kappa shape index (κ3) is 4.69. The molecule has 3 N–H and O–H groups in total. The van der Waals surface area contributed by atoms with E-state index in [0.29, 0.717) is 19.5 Å². The van der Waals surface area contributed by atoms with E-state index in [0.717, 1.165) is 13.3 Å². The molecule has 0 saturated carbocycles. The summed E-state index contributed by atoms with van der Waals surface area (Å²) in [7, 11) is 0. The molecule has 0 aromatic carbocycles. The minimum Gasteiger partial charge on any atom is -0.479 e. The fourth-order valence-electron chi connectivity index (χ4n) is 2.33. The Labute approximate surface area is 130 Å². The maximum absolute atomic E-state index is 12.3. The molecule has 1 aliphatic rings. The molecule has 1 fully saturated rings. The molecule has 0 spiro atoms. The fourth-order valence-corrected chi connectivity index (χ4v) is 2.33. The van der Waals surface area contributed by atoms with Crippen LogP contribution in [0.4, 0.5) is 0 Å². The minimum atomic E-state index is -1.99. The summed E-state index contributed by atoms with van der Waals surface area (Å²) >= 11 is 0. The number of hydrogen-bond acceptors (Lipinski definition) is 4. The second-order valence-electron chi connectivity index (χ2n) is 7.14. The van der Waals surface area contributed by atoms with Gasteiger partial charge < -0.3 is 20.4 Å². The van der Waals surface area contributed by atoms with E-state index in [1.807, 2.05) is 20.8 Å². The highest BCUT2D eigenvalue weighted by Gasteiger charge is 2.35. The number of aliphatic hydroxyl groups is 1. The van der Waals surface area contributed by atoms with Crippen LogP contribution < -0.4 is 5.32 Å². The summed E-state index contributed by atoms with van der Waals surface area (Å²) < 4.78 is 0. The molecule has 0 aromatic heterocycles. The number of piperidine rings is 1. The van der Waals surface area contributed by atoms with Crippen molar-refractivity contribution in [3.05, 3.63) is 0 Å². The zero-order chi connectivity index (χ0) is 17.1. The van der Waals surface area contributed by atoms with Gasteiger partial charge in [0.25, 0.3) is 0 Å². The Hall–Kier alpha value is -1.63. The van der Waals surface area contributed by atoms with Crippen LogP contribution in [0.2, 0.25) is 0 Å². The Morgan fingerprint density at radius 3 is 2.32 bits per heavy atom. The van der Waals surface area contributed by atoms with Gasteiger partial charge in [-0.25, -0.2) is 4.79 Å². The van der Waals surface area contributed by atoms with Crippen LogP contribution in [-0.4, -0.2) is 58.1 Å². The van der Waals surface area contributed by atoms with Gasteiger partial charge in [-0.3, -0.25) is 9.59 Å². The number of carboxylic acids is 1. The third-order valence-electron chi connectivity index (χ3n) is 3.79. The lowest BCUT2D eigenvalue weighted by atomic mass is 9.91. The first-order valence-corrected chi connectivity index (χ1v) is 7.48. The van der Waals surface area contributed by atoms with Crippen LogP contribution in [0.3, 0.4) is 0 Å². The molecular formula is C15H26N2O5. The Kier molecular flexibility index (Phi) is 5.56. The lowest BCUT2D eigenvalue weighted by Gasteiger charge is -2.36. The Morgan fingerprint density at radius 1 is 1.23 bits per heavy atom. The standard InChI is InChI=1S/C15H26N2O5/c1-14(2,3)12(19)17-7-5-6-10(8-17)11(18)16-9-15(4,22)13(20)21/h10,22H,5-9H2,1-4H3,(H,16,18)(H,20,21). The van der Waals surface area contributed by atoms with Gasteiger partial charge in [-0.2, -0.15) is 0 Å². The molecule has 0 radical (unpaired) electrons. The lowest BCUT2D eigenvalue weighted by Crippen LogP contribution is -2.51. The van der Waals surface area contributed by atoms with Gasteiger partial charge in [-0.05, 0) is 19.8 Å². The van der Waals surface area contributed by atoms with Gasteiger partial charge >= 0.3 is 5.97 Å². The average molecular weight is 314 g/mol. The van der Waals surface area contributed by atoms with Gasteiger partial charge in [0.05, 0.1) is 12.5 Å². The quantitative estimate of drug-likeness (QED) is 0.688. The second kappa shape index (κ2) is 6.64. The van der Waals surface area contributed by atoms with E-state index < -0.39 is 17.0 Å². The molecule has 2 atom stereocenters. The highest BCUT2D eigenvalue weighted by Crippen LogP contribution is 2.23. The second-order valence-corrected chi connectivity index (χ2v) is 7.14. The van der Waals surface area contributed by atoms with E-state index in [2.05, 4.69) is 5.32 Å². The van der Waals surface area contributed by atoms with Crippen molar-refractivity contribution in [1.82, 2.24) is 10.2 Å². The number of likely N-dealkylation sites (tertiary alicyclic amines) is 1. The van der Waals surface area contributed by atoms with Crippen molar-refractivity contribution >= 4 is 17.8 Å². The Bertz CT molecular complexity index is 453. The van der Waals surface area contributed by atoms with E-state index >= 15 is 0 Å². The van der Waals surface area contributed by atoms with Crippen molar-refractivity contribution in [2.24, 2.45) is 11.3 Å². The van der Waals surface area contributed by atoms with Crippen LogP contribution >= 0.6 is 0 Å². The predicted octanol–water partition coefficient (Wildman–Crippen LogP) is 0.223. The Balaban J connectivity index is 2.60. The smallest absolute Gasteiger partial charge is 0.337 e. The monoisotopic (exact) mass is 314 g/mol. The van der Waals surface area contributed by atoms with E-state index in [1.54, 1.807) is 4.90 Å². The minimum absolute atomic E-state index is 0.00234. The van der Waals surface area contributed by atoms with Crippen LogP contribution in [0.25, 0.3) is 0 Å². The van der Waals surface area contributed by atoms with Gasteiger partial charge in [0.15, 0.2) is 5.60 Å². The van der Waals surface area contributed by atoms with E-state index in [4.69, 9.17) is 5.11 Å². The van der Waals surface area contributed by atoms with Crippen LogP contribution in [0, 0.1) is 11.3 Å². The van der Waals surface area contributed by atoms with Gasteiger partial charge in [-0.15, -0.1) is 0 Å². The van der Waals surface area contributed by atoms with E-state index in [9.17, 15) is 19.5 Å². The predicted molar refractivity (Wildman–Crippen MR) is 80.0 cm³/mol. The molecule has 22 heavy (non-hydrogen) atoms. The van der Waals surface area contributed by atoms with Crippen LogP contribution in [0.5, 0.6) is 0 Å². The molecule has 0 aromatic rings. The van der Waals surface area contributed by atoms with Gasteiger partial charge in [0.2, 0.25) is 11.8 Å². The maximum Gasteiger partial charge on any atom is 0.337 e. The van der Waals surface area contributed by atoms with Crippen LogP contribution in [0.15, 0.2) is 0 Å². The summed E-state index contributed by atoms with van der Waals surface area (Å²) in [6, 6.07) is 0. The molecule has 7 nitrogen and oxygen atoms in total. The summed E-state index contributed by atoms with van der Waals surface area (Å²) in [6.07, 6.45) is 1.38. The molecule has 1 aliphatic heterocycles. The average Bonchev–Trinajstić information content (AvgIpc) is 2.43. The largest absolute Gasteiger partial charge is 0.479 e. The van der Waals surface area contributed by atoms with Crippen molar-refractivity contribution in [2.75, 3.05) is 19.6 Å². The van der Waals surface area contributed by atoms with Gasteiger partial charge in [0.1, 0.15) is 0 Å². The van der Waals surface area contributed by atoms with Crippen LogP contribution in [0.1, 0.15) is 40.5 Å². The zero-order valence-corrected chi connectivity index (χ0v) is 13.7. The van der Waals surface area contributed by atoms with E-state index in [1.165, 1.54) is 0 Å². The van der Waals surface area contributed by atoms with Gasteiger partial charge in [0, 0.05) is 18.5 Å². The summed E-state index contributed by atoms with van der Waals surface area (Å²) in [5, 5.41) is 20.9. The fraction of sp³-hybridized carbons (Fsp3) is 0.800. The molecule has 0 aliphatic carbocycles. The normalized spacial score (nSPS) is 21.9. The first kappa shape index (κ1) is 18.4. The molecular weight excluding hydrogens is 288 g/mol. The number of aliphatic carboxylic acids is 1. The van der Waals surface area contributed by atoms with Crippen molar-refractivity contribution in [3.63, 3.8) is 0 Å². The van der Waals surface area contributed by atoms with Crippen molar-refractivity contribution in [1.29, 1.82) is 0 Å². The lowest BCUT2D eigenvalue weighted by molar-refractivity contribution is -0.156. The van der Waals surface area contributed by atoms with Crippen molar-refractivity contribution in [2.45, 2.75) is 46.1 Å². The molecule has 2 amide bonds. The SMILES string of the molecule is CC(C)(C)C(=O)N1CCCC(C(=O)NCC(C)(O)C(=O)O)C1. The number of amides is 2. The third-order valence-corrected chi connectivity index (χ3v) is 3.79. The molecule has 7 heteroatoms. The molecule has 1 heterocycles. The topological polar surface area (TPSA) is 107 Å². The summed E-state index contributed by atoms with van der Waals surface area (Å²) in [5.41, 5.74) is -2.49. The number of nitrogens with zero attached hydrogens (tertiary/aromatic N) is 1. The zero-order valence-electron chi connectivity index (χ0n) is 13.7. The molecule has 1 saturated heterocycles. The molecule has 0 bridgehead atoms. The maximum atomic E-state index is 12.3. The number of carboxylic acid groups (broad SMARTS) is 1. The van der Waals surface area contributed by atoms with Crippen LogP contribution in [-0.2, 0) is 14.4 Å². The number of carbonyl (C=O) groups is 3. The summed E-state index contributed by atoms with van der Waals surface area (Å²) in [5.74, 6) is -2.08. The Morgan fingerprint density at radius 2 is 1.82 bits per heavy atom. The number of rotatable bonds is 4. The molecule has 2 unspecified atom stereocenters. The highest BCUT2D eigenvalue weighted by atomic mass is 16.4. The van der Waals surface area contributed by atoms with Crippen molar-refractivity contribution in [3.8, 4) is 0 Å². The van der Waals surface area contributed by atoms with E-state index in [-0.39, 0.29) is 24.3 Å².